The Kier molecular flexibility index (Phi) is 7.36. The van der Waals surface area contributed by atoms with Crippen LogP contribution in [0, 0.1) is 5.82 Å². The van der Waals surface area contributed by atoms with Crippen molar-refractivity contribution in [3.8, 4) is 0 Å². The molecule has 0 aromatic heterocycles. The molecule has 14 heteroatoms. The van der Waals surface area contributed by atoms with E-state index in [9.17, 15) is 44.5 Å². The molecule has 218 valence electrons. The van der Waals surface area contributed by atoms with E-state index in [-0.39, 0.29) is 34.4 Å². The lowest BCUT2D eigenvalue weighted by atomic mass is 9.90. The van der Waals surface area contributed by atoms with E-state index >= 15 is 0 Å². The Morgan fingerprint density at radius 1 is 0.951 bits per heavy atom. The monoisotopic (exact) mass is 621 g/mol. The highest BCUT2D eigenvalue weighted by atomic mass is 32.2. The zero-order chi connectivity index (χ0) is 30.0. The van der Waals surface area contributed by atoms with E-state index in [1.807, 2.05) is 0 Å². The Labute approximate surface area is 235 Å². The van der Waals surface area contributed by atoms with Gasteiger partial charge in [-0.25, -0.2) is 17.9 Å². The predicted octanol–water partition coefficient (Wildman–Crippen LogP) is 7.15. The van der Waals surface area contributed by atoms with Crippen LogP contribution in [0.5, 0.6) is 0 Å². The molecule has 5 rings (SSSR count). The molecule has 0 spiro atoms. The molecule has 2 aliphatic rings. The quantitative estimate of drug-likeness (QED) is 0.180. The van der Waals surface area contributed by atoms with Crippen LogP contribution >= 0.6 is 11.9 Å². The van der Waals surface area contributed by atoms with Crippen molar-refractivity contribution in [3.05, 3.63) is 94.8 Å². The third-order valence-electron chi connectivity index (χ3n) is 7.43. The van der Waals surface area contributed by atoms with Crippen molar-refractivity contribution in [2.24, 2.45) is 0 Å². The number of rotatable bonds is 6. The first-order valence-electron chi connectivity index (χ1n) is 12.0. The summed E-state index contributed by atoms with van der Waals surface area (Å²) in [5.41, 5.74) is -6.99. The molecule has 0 radical (unpaired) electrons. The Bertz CT molecular complexity index is 1450. The smallest absolute Gasteiger partial charge is 0.435 e. The number of hydrogen-bond acceptors (Lipinski definition) is 4. The lowest BCUT2D eigenvalue weighted by molar-refractivity contribution is -0.348. The maximum absolute atomic E-state index is 14.9. The zero-order valence-electron chi connectivity index (χ0n) is 20.6. The fourth-order valence-corrected chi connectivity index (χ4v) is 8.58. The average molecular weight is 622 g/mol. The van der Waals surface area contributed by atoms with Crippen LogP contribution in [0.4, 0.5) is 35.1 Å². The lowest BCUT2D eigenvalue weighted by Crippen LogP contribution is -2.50. The van der Waals surface area contributed by atoms with Crippen LogP contribution in [-0.4, -0.2) is 44.9 Å². The van der Waals surface area contributed by atoms with Gasteiger partial charge in [0.25, 0.3) is 0 Å². The van der Waals surface area contributed by atoms with Crippen LogP contribution in [0.1, 0.15) is 33.5 Å². The fraction of sp³-hybridized carbons (Fsp3) is 0.296. The van der Waals surface area contributed by atoms with Crippen LogP contribution in [0.3, 0.4) is 0 Å². The highest BCUT2D eigenvalue weighted by Crippen LogP contribution is 2.58. The van der Waals surface area contributed by atoms with Gasteiger partial charge in [-0.05, 0) is 83.6 Å². The molecular weight excluding hydrogens is 602 g/mol. The van der Waals surface area contributed by atoms with Crippen molar-refractivity contribution in [1.29, 1.82) is 0 Å². The molecule has 0 saturated carbocycles. The number of carbonyl (C=O) groups is 1. The maximum Gasteiger partial charge on any atom is 0.435 e. The molecule has 1 fully saturated rings. The van der Waals surface area contributed by atoms with Crippen molar-refractivity contribution >= 4 is 29.1 Å². The first kappa shape index (κ1) is 29.7. The van der Waals surface area contributed by atoms with Gasteiger partial charge in [0.05, 0.1) is 11.6 Å². The first-order chi connectivity index (χ1) is 19.1. The third kappa shape index (κ3) is 4.78. The van der Waals surface area contributed by atoms with Crippen molar-refractivity contribution in [2.75, 3.05) is 6.54 Å². The third-order valence-corrected chi connectivity index (χ3v) is 10.6. The topological polar surface area (TPSA) is 63.6 Å². The second-order valence-corrected chi connectivity index (χ2v) is 12.5. The molecule has 1 saturated heterocycles. The molecule has 41 heavy (non-hydrogen) atoms. The highest BCUT2D eigenvalue weighted by molar-refractivity contribution is 7.97. The van der Waals surface area contributed by atoms with Crippen LogP contribution in [0.25, 0.3) is 0 Å². The molecule has 0 amide bonds. The first-order valence-corrected chi connectivity index (χ1v) is 13.9. The second kappa shape index (κ2) is 10.2. The highest BCUT2D eigenvalue weighted by Gasteiger charge is 2.74. The van der Waals surface area contributed by atoms with Gasteiger partial charge in [0.15, 0.2) is 9.64 Å². The van der Waals surface area contributed by atoms with Crippen LogP contribution in [0.2, 0.25) is 0 Å². The molecular formula is C27H19F8NO3S2. The summed E-state index contributed by atoms with van der Waals surface area (Å²) in [6, 6.07) is 11.8. The number of fused-ring (bicyclic) bond motifs is 3. The van der Waals surface area contributed by atoms with Crippen molar-refractivity contribution in [2.45, 2.75) is 51.4 Å². The summed E-state index contributed by atoms with van der Waals surface area (Å²) in [6.45, 7) is 0.308. The van der Waals surface area contributed by atoms with Gasteiger partial charge in [-0.2, -0.15) is 26.3 Å². The van der Waals surface area contributed by atoms with E-state index in [4.69, 9.17) is 5.11 Å². The van der Waals surface area contributed by atoms with E-state index in [1.54, 1.807) is 4.31 Å². The molecule has 1 aliphatic heterocycles. The normalized spacial score (nSPS) is 21.9. The molecule has 3 aromatic carbocycles. The Morgan fingerprint density at radius 2 is 1.56 bits per heavy atom. The maximum atomic E-state index is 14.9. The lowest BCUT2D eigenvalue weighted by Gasteiger charge is -2.34. The van der Waals surface area contributed by atoms with Gasteiger partial charge in [-0.15, -0.1) is 0 Å². The molecule has 0 bridgehead atoms. The minimum absolute atomic E-state index is 0.00925. The zero-order valence-corrected chi connectivity index (χ0v) is 22.2. The molecule has 3 unspecified atom stereocenters. The van der Waals surface area contributed by atoms with Gasteiger partial charge in [-0.1, -0.05) is 18.2 Å². The van der Waals surface area contributed by atoms with E-state index < -0.39 is 57.3 Å². The largest absolute Gasteiger partial charge is 0.611 e. The summed E-state index contributed by atoms with van der Waals surface area (Å²) >= 11 is -0.780. The number of alkyl halides is 7. The SMILES string of the molecule is O=C(O)c1ccc(SN2CCC3([S+]([O-])c4ccc(F)cc4)c4ccc(C(F)(C(F)(F)F)C(F)(F)F)cc4CC23)cc1. The van der Waals surface area contributed by atoms with E-state index in [0.29, 0.717) is 23.6 Å². The van der Waals surface area contributed by atoms with Gasteiger partial charge in [-0.3, -0.25) is 0 Å². The van der Waals surface area contributed by atoms with E-state index in [0.717, 1.165) is 30.1 Å². The molecule has 3 aromatic rings. The Balaban J connectivity index is 1.59. The number of aromatic carboxylic acids is 1. The van der Waals surface area contributed by atoms with E-state index in [2.05, 4.69) is 0 Å². The molecule has 1 heterocycles. The Hall–Kier alpha value is -2.81. The van der Waals surface area contributed by atoms with Crippen molar-refractivity contribution < 1.29 is 49.6 Å². The fourth-order valence-electron chi connectivity index (χ4n) is 5.49. The van der Waals surface area contributed by atoms with Crippen LogP contribution in [-0.2, 0) is 28.0 Å². The van der Waals surface area contributed by atoms with Gasteiger partial charge in [0, 0.05) is 29.0 Å². The minimum Gasteiger partial charge on any atom is -0.611 e. The summed E-state index contributed by atoms with van der Waals surface area (Å²) in [6.07, 6.45) is -12.5. The summed E-state index contributed by atoms with van der Waals surface area (Å²) in [5, 5.41) is 9.14. The summed E-state index contributed by atoms with van der Waals surface area (Å²) in [4.78, 5) is 12.0. The number of halogens is 8. The van der Waals surface area contributed by atoms with Gasteiger partial charge >= 0.3 is 24.0 Å². The van der Waals surface area contributed by atoms with Gasteiger partial charge in [0.2, 0.25) is 0 Å². The Morgan fingerprint density at radius 3 is 2.12 bits per heavy atom. The number of hydrogen-bond donors (Lipinski definition) is 1. The number of carboxylic acids is 1. The number of benzene rings is 3. The molecule has 4 nitrogen and oxygen atoms in total. The second-order valence-electron chi connectivity index (χ2n) is 9.67. The molecule has 1 aliphatic carbocycles. The minimum atomic E-state index is -6.29. The number of carboxylic acid groups (broad SMARTS) is 1. The summed E-state index contributed by atoms with van der Waals surface area (Å²) in [5.74, 6) is -1.73. The van der Waals surface area contributed by atoms with E-state index in [1.165, 1.54) is 36.4 Å². The van der Waals surface area contributed by atoms with Crippen molar-refractivity contribution in [3.63, 3.8) is 0 Å². The predicted molar refractivity (Wildman–Crippen MR) is 134 cm³/mol. The van der Waals surface area contributed by atoms with Crippen LogP contribution in [0.15, 0.2) is 76.5 Å². The molecule has 1 N–H and O–H groups in total. The standard InChI is InChI=1S/C27H19F8NO3S2/c28-18-4-8-20(9-5-18)41(39)24-11-12-36(40-19-6-1-15(2-7-19)23(37)38)22(24)14-16-13-17(3-10-21(16)24)25(29,26(30,31)32)27(33,34)35/h1-10,13,22H,11-12,14H2,(H,37,38). The van der Waals surface area contributed by atoms with Gasteiger partial charge in [0.1, 0.15) is 5.82 Å². The average Bonchev–Trinajstić information content (AvgIpc) is 3.42. The van der Waals surface area contributed by atoms with Crippen LogP contribution < -0.4 is 0 Å². The molecule has 3 atom stereocenters. The van der Waals surface area contributed by atoms with Crippen molar-refractivity contribution in [1.82, 2.24) is 4.31 Å². The van der Waals surface area contributed by atoms with Gasteiger partial charge < -0.3 is 9.66 Å². The summed E-state index contributed by atoms with van der Waals surface area (Å²) < 4.78 is 124. The summed E-state index contributed by atoms with van der Waals surface area (Å²) in [7, 11) is 0. The number of nitrogens with zero attached hydrogens (tertiary/aromatic N) is 1.